The fourth-order valence-electron chi connectivity index (χ4n) is 4.04. The average molecular weight is 674 g/mol. The number of halogens is 22. The molecule has 0 aromatic heterocycles. The van der Waals surface area contributed by atoms with Crippen LogP contribution in [-0.4, -0.2) is 35.4 Å². The molecule has 2 aromatic carbocycles. The van der Waals surface area contributed by atoms with Gasteiger partial charge in [-0.2, -0.15) is 48.3 Å². The minimum atomic E-state index is -8.90. The first kappa shape index (κ1) is 34.1. The molecule has 0 saturated heterocycles. The van der Waals surface area contributed by atoms with Crippen LogP contribution in [0.4, 0.5) is 96.6 Å². The minimum Gasteiger partial charge on any atom is -0.290 e. The van der Waals surface area contributed by atoms with Crippen LogP contribution >= 0.6 is 0 Å². The highest BCUT2D eigenvalue weighted by molar-refractivity contribution is 6.08. The quantitative estimate of drug-likeness (QED) is 0.182. The van der Waals surface area contributed by atoms with Crippen molar-refractivity contribution in [2.45, 2.75) is 41.2 Å². The molecule has 0 N–H and O–H groups in total. The Morgan fingerprint density at radius 3 is 1.14 bits per heavy atom. The molecule has 1 nitrogen and oxygen atoms in total. The van der Waals surface area contributed by atoms with Crippen molar-refractivity contribution >= 4 is 5.78 Å². The van der Waals surface area contributed by atoms with E-state index >= 15 is 17.6 Å². The van der Waals surface area contributed by atoms with E-state index in [1.54, 1.807) is 0 Å². The SMILES string of the molecule is O=C1c2c(F)c(F)c(F)c(F)c2C(F)(F)C(F)(c2c(F)c(F)c(F)c(F)c2F)C1(F)C(F)(F)C(F)(F)C(F)(F)C(F)(F)F. The molecule has 0 amide bonds. The number of hydrogen-bond acceptors (Lipinski definition) is 1. The molecule has 0 aliphatic heterocycles. The molecule has 0 radical (unpaired) electrons. The van der Waals surface area contributed by atoms with Crippen LogP contribution in [0.1, 0.15) is 21.5 Å². The number of carbonyl (C=O) groups is 1. The Morgan fingerprint density at radius 1 is 0.442 bits per heavy atom. The Kier molecular flexibility index (Phi) is 7.17. The summed E-state index contributed by atoms with van der Waals surface area (Å²) in [6, 6.07) is 0. The summed E-state index contributed by atoms with van der Waals surface area (Å²) in [6.07, 6.45) is -8.06. The van der Waals surface area contributed by atoms with Crippen LogP contribution in [0, 0.1) is 52.4 Å². The Balaban J connectivity index is 2.79. The first-order valence-corrected chi connectivity index (χ1v) is 9.86. The predicted molar refractivity (Wildman–Crippen MR) is 88.3 cm³/mol. The highest BCUT2D eigenvalue weighted by Crippen LogP contribution is 2.70. The minimum absolute atomic E-state index is 3.59. The van der Waals surface area contributed by atoms with Crippen LogP contribution in [0.25, 0.3) is 0 Å². The Labute approximate surface area is 218 Å². The van der Waals surface area contributed by atoms with E-state index < -0.39 is 116 Å². The third kappa shape index (κ3) is 3.55. The van der Waals surface area contributed by atoms with Gasteiger partial charge in [0.1, 0.15) is 0 Å². The second-order valence-electron chi connectivity index (χ2n) is 8.39. The van der Waals surface area contributed by atoms with Gasteiger partial charge in [0.05, 0.1) is 16.7 Å². The van der Waals surface area contributed by atoms with E-state index in [9.17, 15) is 83.8 Å². The molecule has 1 aliphatic carbocycles. The van der Waals surface area contributed by atoms with Gasteiger partial charge in [0, 0.05) is 0 Å². The van der Waals surface area contributed by atoms with Crippen molar-refractivity contribution in [1.29, 1.82) is 0 Å². The first-order chi connectivity index (χ1) is 19.0. The summed E-state index contributed by atoms with van der Waals surface area (Å²) in [7, 11) is 0. The van der Waals surface area contributed by atoms with E-state index in [1.165, 1.54) is 0 Å². The normalized spacial score (nSPS) is 23.1. The largest absolute Gasteiger partial charge is 0.460 e. The average Bonchev–Trinajstić information content (AvgIpc) is 2.88. The molecule has 3 rings (SSSR count). The number of hydrogen-bond donors (Lipinski definition) is 0. The summed E-state index contributed by atoms with van der Waals surface area (Å²) in [5, 5.41) is 0. The molecule has 0 saturated carbocycles. The second-order valence-corrected chi connectivity index (χ2v) is 8.39. The molecule has 0 heterocycles. The highest BCUT2D eigenvalue weighted by Gasteiger charge is 2.95. The second kappa shape index (κ2) is 9.05. The van der Waals surface area contributed by atoms with Gasteiger partial charge in [0.25, 0.3) is 11.3 Å². The van der Waals surface area contributed by atoms with E-state index in [2.05, 4.69) is 0 Å². The molecule has 2 aromatic rings. The van der Waals surface area contributed by atoms with Gasteiger partial charge in [-0.15, -0.1) is 0 Å². The van der Waals surface area contributed by atoms with Crippen molar-refractivity contribution in [2.75, 3.05) is 0 Å². The number of ketones is 1. The van der Waals surface area contributed by atoms with Crippen LogP contribution < -0.4 is 0 Å². The summed E-state index contributed by atoms with van der Waals surface area (Å²) in [6.45, 7) is 0. The summed E-state index contributed by atoms with van der Waals surface area (Å²) in [5.41, 5.74) is -28.8. The molecular formula is C20F22O. The maximum absolute atomic E-state index is 16.2. The Morgan fingerprint density at radius 2 is 0.767 bits per heavy atom. The zero-order chi connectivity index (χ0) is 34.0. The van der Waals surface area contributed by atoms with Gasteiger partial charge in [-0.05, 0) is 0 Å². The van der Waals surface area contributed by atoms with Crippen LogP contribution in [0.5, 0.6) is 0 Å². The zero-order valence-corrected chi connectivity index (χ0v) is 18.7. The lowest BCUT2D eigenvalue weighted by Gasteiger charge is -2.51. The zero-order valence-electron chi connectivity index (χ0n) is 18.7. The Hall–Kier alpha value is -3.43. The number of benzene rings is 2. The highest BCUT2D eigenvalue weighted by atomic mass is 19.4. The number of carbonyl (C=O) groups excluding carboxylic acids is 1. The predicted octanol–water partition coefficient (Wildman–Crippen LogP) is 8.27. The maximum Gasteiger partial charge on any atom is 0.460 e. The van der Waals surface area contributed by atoms with Gasteiger partial charge in [-0.3, -0.25) is 4.79 Å². The molecule has 240 valence electrons. The van der Waals surface area contributed by atoms with Gasteiger partial charge >= 0.3 is 29.9 Å². The number of fused-ring (bicyclic) bond motifs is 1. The third-order valence-corrected chi connectivity index (χ3v) is 6.16. The number of rotatable bonds is 4. The molecule has 23 heteroatoms. The van der Waals surface area contributed by atoms with Crippen molar-refractivity contribution in [3.05, 3.63) is 69.0 Å². The van der Waals surface area contributed by atoms with E-state index in [1.807, 2.05) is 0 Å². The van der Waals surface area contributed by atoms with E-state index in [-0.39, 0.29) is 0 Å². The van der Waals surface area contributed by atoms with Gasteiger partial charge in [0.2, 0.25) is 11.6 Å². The third-order valence-electron chi connectivity index (χ3n) is 6.16. The summed E-state index contributed by atoms with van der Waals surface area (Å²) >= 11 is 0. The van der Waals surface area contributed by atoms with Gasteiger partial charge in [0.15, 0.2) is 46.5 Å². The lowest BCUT2D eigenvalue weighted by atomic mass is 9.61. The first-order valence-electron chi connectivity index (χ1n) is 9.86. The van der Waals surface area contributed by atoms with E-state index in [0.29, 0.717) is 0 Å². The van der Waals surface area contributed by atoms with Crippen LogP contribution in [-0.2, 0) is 11.6 Å². The standard InChI is InChI=1S/C20F22O/c21-4-1-2(5(22)9(26)8(4)25)16(32,33)14(30,3-6(23)10(27)12(29)11(28)7(3)24)15(31,13(1)43)17(34,35)18(36,37)19(38,39)20(40,41)42. The Bertz CT molecular complexity index is 1530. The smallest absolute Gasteiger partial charge is 0.290 e. The van der Waals surface area contributed by atoms with E-state index in [4.69, 9.17) is 0 Å². The lowest BCUT2D eigenvalue weighted by Crippen LogP contribution is -2.78. The van der Waals surface area contributed by atoms with Crippen molar-refractivity contribution in [3.63, 3.8) is 0 Å². The van der Waals surface area contributed by atoms with Crippen LogP contribution in [0.3, 0.4) is 0 Å². The van der Waals surface area contributed by atoms with Gasteiger partial charge in [-0.25, -0.2) is 48.3 Å². The summed E-state index contributed by atoms with van der Waals surface area (Å²) in [5.74, 6) is -73.8. The van der Waals surface area contributed by atoms with Crippen molar-refractivity contribution in [2.24, 2.45) is 0 Å². The molecule has 43 heavy (non-hydrogen) atoms. The molecule has 0 fully saturated rings. The van der Waals surface area contributed by atoms with Gasteiger partial charge in [-0.1, -0.05) is 0 Å². The fourth-order valence-corrected chi connectivity index (χ4v) is 4.04. The van der Waals surface area contributed by atoms with E-state index in [0.717, 1.165) is 0 Å². The van der Waals surface area contributed by atoms with Crippen LogP contribution in [0.15, 0.2) is 0 Å². The number of alkyl halides is 13. The molecule has 1 aliphatic rings. The summed E-state index contributed by atoms with van der Waals surface area (Å²) < 4.78 is 312. The molecule has 2 atom stereocenters. The van der Waals surface area contributed by atoms with Crippen molar-refractivity contribution in [1.82, 2.24) is 0 Å². The molecule has 0 spiro atoms. The molecular weight excluding hydrogens is 674 g/mol. The topological polar surface area (TPSA) is 17.1 Å². The number of Topliss-reactive ketones (excluding diaryl/α,β-unsaturated/α-hetero) is 1. The molecule has 2 unspecified atom stereocenters. The van der Waals surface area contributed by atoms with Gasteiger partial charge < -0.3 is 0 Å². The fraction of sp³-hybridized carbons (Fsp3) is 0.350. The maximum atomic E-state index is 16.2. The monoisotopic (exact) mass is 674 g/mol. The lowest BCUT2D eigenvalue weighted by molar-refractivity contribution is -0.420. The van der Waals surface area contributed by atoms with Crippen LogP contribution in [0.2, 0.25) is 0 Å². The van der Waals surface area contributed by atoms with Crippen molar-refractivity contribution in [3.8, 4) is 0 Å². The summed E-state index contributed by atoms with van der Waals surface area (Å²) in [4.78, 5) is 12.5. The molecule has 0 bridgehead atoms. The van der Waals surface area contributed by atoms with Crippen molar-refractivity contribution < 1.29 is 101 Å².